The molecule has 2 spiro atoms. The van der Waals surface area contributed by atoms with E-state index in [0.29, 0.717) is 0 Å². The average molecular weight is 196 g/mol. The number of aliphatic hydroxyl groups is 2. The summed E-state index contributed by atoms with van der Waals surface area (Å²) in [5.41, 5.74) is -0.158. The molecule has 0 saturated heterocycles. The van der Waals surface area contributed by atoms with Gasteiger partial charge in [-0.1, -0.05) is 25.7 Å². The molecule has 0 aromatic heterocycles. The van der Waals surface area contributed by atoms with E-state index >= 15 is 0 Å². The van der Waals surface area contributed by atoms with Gasteiger partial charge in [0.15, 0.2) is 0 Å². The second kappa shape index (κ2) is 2.73. The van der Waals surface area contributed by atoms with Crippen LogP contribution in [0.5, 0.6) is 0 Å². The molecule has 2 N–H and O–H groups in total. The van der Waals surface area contributed by atoms with Crippen molar-refractivity contribution < 1.29 is 10.2 Å². The molecule has 2 nitrogen and oxygen atoms in total. The fourth-order valence-electron chi connectivity index (χ4n) is 4.51. The molecule has 0 amide bonds. The molecular weight excluding hydrogens is 176 g/mol. The summed E-state index contributed by atoms with van der Waals surface area (Å²) in [6.45, 7) is 0. The summed E-state index contributed by atoms with van der Waals surface area (Å²) in [5, 5.41) is 20.7. The van der Waals surface area contributed by atoms with E-state index < -0.39 is 0 Å². The second-order valence-corrected chi connectivity index (χ2v) is 5.69. The molecule has 80 valence electrons. The smallest absolute Gasteiger partial charge is 0.0702 e. The first kappa shape index (κ1) is 9.17. The zero-order valence-corrected chi connectivity index (χ0v) is 8.71. The van der Waals surface area contributed by atoms with Gasteiger partial charge in [-0.2, -0.15) is 0 Å². The van der Waals surface area contributed by atoms with Crippen molar-refractivity contribution in [3.8, 4) is 0 Å². The van der Waals surface area contributed by atoms with Gasteiger partial charge in [0.2, 0.25) is 0 Å². The molecule has 0 aliphatic heterocycles. The van der Waals surface area contributed by atoms with Crippen LogP contribution in [0.25, 0.3) is 0 Å². The highest BCUT2D eigenvalue weighted by Crippen LogP contribution is 2.67. The number of hydrogen-bond donors (Lipinski definition) is 2. The summed E-state index contributed by atoms with van der Waals surface area (Å²) in [7, 11) is 0. The Kier molecular flexibility index (Phi) is 1.79. The van der Waals surface area contributed by atoms with Crippen molar-refractivity contribution in [2.24, 2.45) is 10.8 Å². The molecule has 14 heavy (non-hydrogen) atoms. The third-order valence-electron chi connectivity index (χ3n) is 5.25. The molecule has 3 saturated carbocycles. The van der Waals surface area contributed by atoms with E-state index in [1.807, 2.05) is 0 Å². The number of aliphatic hydroxyl groups excluding tert-OH is 2. The molecule has 0 aromatic rings. The molecule has 0 radical (unpaired) electrons. The molecule has 3 rings (SSSR count). The zero-order chi connectivity index (χ0) is 9.81. The average Bonchev–Trinajstić information content (AvgIpc) is 2.88. The Morgan fingerprint density at radius 1 is 0.643 bits per heavy atom. The first-order chi connectivity index (χ1) is 6.72. The summed E-state index contributed by atoms with van der Waals surface area (Å²) in [6.07, 6.45) is 8.61. The van der Waals surface area contributed by atoms with Crippen LogP contribution in [0, 0.1) is 10.8 Å². The van der Waals surface area contributed by atoms with Gasteiger partial charge in [-0.15, -0.1) is 0 Å². The number of rotatable bonds is 0. The van der Waals surface area contributed by atoms with Crippen LogP contribution in [0.3, 0.4) is 0 Å². The third-order valence-corrected chi connectivity index (χ3v) is 5.25. The van der Waals surface area contributed by atoms with Crippen molar-refractivity contribution in [2.75, 3.05) is 0 Å². The maximum absolute atomic E-state index is 10.4. The van der Waals surface area contributed by atoms with Gasteiger partial charge in [0.05, 0.1) is 12.2 Å². The zero-order valence-electron chi connectivity index (χ0n) is 8.71. The largest absolute Gasteiger partial charge is 0.392 e. The van der Waals surface area contributed by atoms with Gasteiger partial charge in [0, 0.05) is 10.8 Å². The van der Waals surface area contributed by atoms with Gasteiger partial charge in [0.1, 0.15) is 0 Å². The van der Waals surface area contributed by atoms with Gasteiger partial charge in [-0.05, 0) is 25.7 Å². The van der Waals surface area contributed by atoms with E-state index in [0.717, 1.165) is 25.7 Å². The molecule has 0 aromatic carbocycles. The van der Waals surface area contributed by atoms with E-state index in [4.69, 9.17) is 0 Å². The molecule has 0 atom stereocenters. The van der Waals surface area contributed by atoms with E-state index in [2.05, 4.69) is 0 Å². The lowest BCUT2D eigenvalue weighted by molar-refractivity contribution is -0.272. The Bertz CT molecular complexity index is 199. The lowest BCUT2D eigenvalue weighted by Crippen LogP contribution is -2.70. The molecule has 0 bridgehead atoms. The molecular formula is C12H20O2. The third kappa shape index (κ3) is 0.809. The van der Waals surface area contributed by atoms with Crippen LogP contribution in [-0.4, -0.2) is 22.4 Å². The van der Waals surface area contributed by atoms with Gasteiger partial charge < -0.3 is 10.2 Å². The van der Waals surface area contributed by atoms with Crippen molar-refractivity contribution >= 4 is 0 Å². The molecule has 3 fully saturated rings. The van der Waals surface area contributed by atoms with Gasteiger partial charge in [-0.25, -0.2) is 0 Å². The van der Waals surface area contributed by atoms with Gasteiger partial charge >= 0.3 is 0 Å². The summed E-state index contributed by atoms with van der Waals surface area (Å²) in [4.78, 5) is 0. The lowest BCUT2D eigenvalue weighted by Gasteiger charge is -2.62. The first-order valence-corrected chi connectivity index (χ1v) is 6.09. The van der Waals surface area contributed by atoms with Crippen molar-refractivity contribution in [2.45, 2.75) is 63.6 Å². The van der Waals surface area contributed by atoms with Crippen LogP contribution < -0.4 is 0 Å². The maximum atomic E-state index is 10.4. The van der Waals surface area contributed by atoms with Crippen LogP contribution in [-0.2, 0) is 0 Å². The summed E-state index contributed by atoms with van der Waals surface area (Å²) >= 11 is 0. The van der Waals surface area contributed by atoms with Gasteiger partial charge in [0.25, 0.3) is 0 Å². The topological polar surface area (TPSA) is 40.5 Å². The fourth-order valence-corrected chi connectivity index (χ4v) is 4.51. The molecule has 3 aliphatic carbocycles. The summed E-state index contributed by atoms with van der Waals surface area (Å²) in [5.74, 6) is 0. The minimum atomic E-state index is -0.199. The van der Waals surface area contributed by atoms with E-state index in [-0.39, 0.29) is 23.0 Å². The summed E-state index contributed by atoms with van der Waals surface area (Å²) in [6, 6.07) is 0. The van der Waals surface area contributed by atoms with Gasteiger partial charge in [-0.3, -0.25) is 0 Å². The maximum Gasteiger partial charge on any atom is 0.0702 e. The highest BCUT2D eigenvalue weighted by atomic mass is 16.3. The predicted octanol–water partition coefficient (Wildman–Crippen LogP) is 1.84. The second-order valence-electron chi connectivity index (χ2n) is 5.69. The lowest BCUT2D eigenvalue weighted by atomic mass is 9.46. The highest BCUT2D eigenvalue weighted by molar-refractivity contribution is 5.19. The molecule has 2 heteroatoms. The minimum absolute atomic E-state index is 0.0790. The van der Waals surface area contributed by atoms with Crippen molar-refractivity contribution in [1.29, 1.82) is 0 Å². The van der Waals surface area contributed by atoms with Crippen LogP contribution in [0.4, 0.5) is 0 Å². The predicted molar refractivity (Wildman–Crippen MR) is 53.8 cm³/mol. The molecule has 3 aliphatic rings. The van der Waals surface area contributed by atoms with E-state index in [9.17, 15) is 10.2 Å². The Labute approximate surface area is 85.3 Å². The normalized spacial score (nSPS) is 43.3. The first-order valence-electron chi connectivity index (χ1n) is 6.09. The van der Waals surface area contributed by atoms with E-state index in [1.165, 1.54) is 25.7 Å². The molecule has 0 unspecified atom stereocenters. The monoisotopic (exact) mass is 196 g/mol. The standard InChI is InChI=1S/C12H20O2/c13-9-11(5-1-2-6-11)10(14)12(9)7-3-4-8-12/h9-10,13-14H,1-8H2. The Hall–Kier alpha value is -0.0800. The minimum Gasteiger partial charge on any atom is -0.392 e. The Balaban J connectivity index is 1.87. The van der Waals surface area contributed by atoms with E-state index in [1.54, 1.807) is 0 Å². The summed E-state index contributed by atoms with van der Waals surface area (Å²) < 4.78 is 0. The number of hydrogen-bond acceptors (Lipinski definition) is 2. The fraction of sp³-hybridized carbons (Fsp3) is 1.00. The van der Waals surface area contributed by atoms with Crippen LogP contribution in [0.2, 0.25) is 0 Å². The Morgan fingerprint density at radius 2 is 0.929 bits per heavy atom. The van der Waals surface area contributed by atoms with Crippen LogP contribution >= 0.6 is 0 Å². The van der Waals surface area contributed by atoms with Crippen molar-refractivity contribution in [1.82, 2.24) is 0 Å². The Morgan fingerprint density at radius 3 is 1.21 bits per heavy atom. The quantitative estimate of drug-likeness (QED) is 0.620. The highest BCUT2D eigenvalue weighted by Gasteiger charge is 2.70. The van der Waals surface area contributed by atoms with Crippen molar-refractivity contribution in [3.05, 3.63) is 0 Å². The van der Waals surface area contributed by atoms with Crippen molar-refractivity contribution in [3.63, 3.8) is 0 Å². The molecule has 0 heterocycles. The van der Waals surface area contributed by atoms with Crippen LogP contribution in [0.15, 0.2) is 0 Å². The van der Waals surface area contributed by atoms with Crippen LogP contribution in [0.1, 0.15) is 51.4 Å². The SMILES string of the molecule is OC1C2(CCCC2)C(O)C12CCCC2.